The number of carbonyl (C=O) groups is 1. The van der Waals surface area contributed by atoms with E-state index < -0.39 is 0 Å². The van der Waals surface area contributed by atoms with Crippen molar-refractivity contribution in [1.82, 2.24) is 0 Å². The highest BCUT2D eigenvalue weighted by Crippen LogP contribution is 2.66. The molecule has 0 radical (unpaired) electrons. The highest BCUT2D eigenvalue weighted by atomic mass is 16.7. The Morgan fingerprint density at radius 3 is 2.73 bits per heavy atom. The number of benzene rings is 1. The first-order valence-corrected chi connectivity index (χ1v) is 10.1. The van der Waals surface area contributed by atoms with Crippen molar-refractivity contribution >= 4 is 5.97 Å². The molecular formula is C22H28O4. The van der Waals surface area contributed by atoms with Crippen LogP contribution in [0.1, 0.15) is 63.0 Å². The lowest BCUT2D eigenvalue weighted by atomic mass is 9.55. The fourth-order valence-electron chi connectivity index (χ4n) is 6.67. The van der Waals surface area contributed by atoms with Crippen LogP contribution in [0, 0.1) is 17.3 Å². The van der Waals surface area contributed by atoms with Gasteiger partial charge in [0.25, 0.3) is 0 Å². The predicted octanol–water partition coefficient (Wildman–Crippen LogP) is 4.21. The Morgan fingerprint density at radius 1 is 1.15 bits per heavy atom. The van der Waals surface area contributed by atoms with Crippen LogP contribution in [0.3, 0.4) is 0 Å². The van der Waals surface area contributed by atoms with Gasteiger partial charge in [-0.25, -0.2) is 0 Å². The lowest BCUT2D eigenvalue weighted by Gasteiger charge is -2.52. The van der Waals surface area contributed by atoms with Crippen LogP contribution in [0.2, 0.25) is 0 Å². The van der Waals surface area contributed by atoms with Crippen LogP contribution in [0.4, 0.5) is 0 Å². The molecule has 4 nitrogen and oxygen atoms in total. The third-order valence-electron chi connectivity index (χ3n) is 7.76. The number of fused-ring (bicyclic) bond motifs is 6. The highest BCUT2D eigenvalue weighted by Gasteiger charge is 2.64. The summed E-state index contributed by atoms with van der Waals surface area (Å²) < 4.78 is 17.7. The smallest absolute Gasteiger partial charge is 0.308 e. The highest BCUT2D eigenvalue weighted by molar-refractivity contribution is 5.69. The van der Waals surface area contributed by atoms with E-state index in [1.807, 2.05) is 6.07 Å². The largest absolute Gasteiger partial charge is 0.427 e. The number of hydrogen-bond donors (Lipinski definition) is 0. The van der Waals surface area contributed by atoms with Crippen molar-refractivity contribution in [3.63, 3.8) is 0 Å². The van der Waals surface area contributed by atoms with E-state index in [0.29, 0.717) is 23.5 Å². The first-order valence-electron chi connectivity index (χ1n) is 10.1. The van der Waals surface area contributed by atoms with Gasteiger partial charge in [0.1, 0.15) is 5.75 Å². The summed E-state index contributed by atoms with van der Waals surface area (Å²) in [6.45, 7) is 5.38. The fraction of sp³-hybridized carbons (Fsp3) is 0.682. The van der Waals surface area contributed by atoms with E-state index in [0.717, 1.165) is 26.1 Å². The molecule has 0 N–H and O–H groups in total. The lowest BCUT2D eigenvalue weighted by Crippen LogP contribution is -2.51. The van der Waals surface area contributed by atoms with E-state index in [4.69, 9.17) is 14.2 Å². The van der Waals surface area contributed by atoms with Crippen LogP contribution < -0.4 is 4.74 Å². The number of hydrogen-bond acceptors (Lipinski definition) is 4. The normalized spacial score (nSPS) is 37.1. The number of rotatable bonds is 1. The minimum Gasteiger partial charge on any atom is -0.427 e. The third-order valence-corrected chi connectivity index (χ3v) is 7.76. The second-order valence-electron chi connectivity index (χ2n) is 8.81. The number of carbonyl (C=O) groups excluding carboxylic acids is 1. The molecule has 1 aliphatic heterocycles. The van der Waals surface area contributed by atoms with Gasteiger partial charge in [-0.1, -0.05) is 13.0 Å². The molecule has 2 saturated carbocycles. The Labute approximate surface area is 155 Å². The monoisotopic (exact) mass is 356 g/mol. The minimum atomic E-state index is -0.317. The van der Waals surface area contributed by atoms with Gasteiger partial charge in [-0.15, -0.1) is 0 Å². The van der Waals surface area contributed by atoms with E-state index in [1.54, 1.807) is 0 Å². The molecule has 1 saturated heterocycles. The molecule has 26 heavy (non-hydrogen) atoms. The molecule has 4 heteroatoms. The Morgan fingerprint density at radius 2 is 1.96 bits per heavy atom. The number of ether oxygens (including phenoxy) is 3. The van der Waals surface area contributed by atoms with Crippen molar-refractivity contribution < 1.29 is 19.0 Å². The van der Waals surface area contributed by atoms with Crippen LogP contribution in [0.25, 0.3) is 0 Å². The Bertz CT molecular complexity index is 736. The van der Waals surface area contributed by atoms with Crippen molar-refractivity contribution in [3.8, 4) is 5.75 Å². The summed E-state index contributed by atoms with van der Waals surface area (Å²) in [6.07, 6.45) is 6.94. The summed E-state index contributed by atoms with van der Waals surface area (Å²) in [5.41, 5.74) is 3.00. The molecule has 5 rings (SSSR count). The van der Waals surface area contributed by atoms with Crippen LogP contribution in [0.15, 0.2) is 18.2 Å². The maximum atomic E-state index is 11.2. The fourth-order valence-corrected chi connectivity index (χ4v) is 6.67. The average Bonchev–Trinajstić information content (AvgIpc) is 3.21. The molecule has 0 bridgehead atoms. The van der Waals surface area contributed by atoms with E-state index in [1.165, 1.54) is 43.7 Å². The average molecular weight is 356 g/mol. The molecule has 4 aliphatic rings. The van der Waals surface area contributed by atoms with E-state index in [2.05, 4.69) is 19.1 Å². The number of esters is 1. The molecule has 1 aromatic rings. The van der Waals surface area contributed by atoms with Crippen molar-refractivity contribution in [3.05, 3.63) is 29.3 Å². The molecular weight excluding hydrogens is 328 g/mol. The molecule has 1 heterocycles. The molecule has 0 amide bonds. The quantitative estimate of drug-likeness (QED) is 0.558. The van der Waals surface area contributed by atoms with Gasteiger partial charge in [-0.05, 0) is 73.1 Å². The Kier molecular flexibility index (Phi) is 3.74. The van der Waals surface area contributed by atoms with Gasteiger partial charge in [0, 0.05) is 18.8 Å². The van der Waals surface area contributed by atoms with E-state index in [-0.39, 0.29) is 17.2 Å². The van der Waals surface area contributed by atoms with Crippen molar-refractivity contribution in [2.75, 3.05) is 13.2 Å². The van der Waals surface area contributed by atoms with Crippen LogP contribution in [-0.4, -0.2) is 25.0 Å². The van der Waals surface area contributed by atoms with Crippen LogP contribution in [-0.2, 0) is 20.7 Å². The van der Waals surface area contributed by atoms with Gasteiger partial charge >= 0.3 is 5.97 Å². The summed E-state index contributed by atoms with van der Waals surface area (Å²) in [4.78, 5) is 11.2. The predicted molar refractivity (Wildman–Crippen MR) is 97.0 cm³/mol. The van der Waals surface area contributed by atoms with Gasteiger partial charge in [-0.3, -0.25) is 4.79 Å². The standard InChI is InChI=1S/C22H28O4/c1-14(23)26-16-4-6-17-15(13-16)3-5-19-18(17)7-9-21(2)20(19)8-10-22(21)24-11-12-25-22/h4,6,13,18-20H,3,5,7-12H2,1-2H3/t18-,19+,20-,21-/m0/s1. The maximum absolute atomic E-state index is 11.2. The third kappa shape index (κ3) is 2.24. The molecule has 140 valence electrons. The van der Waals surface area contributed by atoms with Crippen LogP contribution >= 0.6 is 0 Å². The summed E-state index contributed by atoms with van der Waals surface area (Å²) in [7, 11) is 0. The topological polar surface area (TPSA) is 44.8 Å². The molecule has 3 fully saturated rings. The van der Waals surface area contributed by atoms with Crippen molar-refractivity contribution in [2.24, 2.45) is 17.3 Å². The zero-order valence-corrected chi connectivity index (χ0v) is 15.8. The van der Waals surface area contributed by atoms with Gasteiger partial charge in [-0.2, -0.15) is 0 Å². The molecule has 1 aromatic carbocycles. The molecule has 1 spiro atoms. The summed E-state index contributed by atoms with van der Waals surface area (Å²) in [5.74, 6) is 2.14. The Balaban J connectivity index is 1.44. The molecule has 0 unspecified atom stereocenters. The van der Waals surface area contributed by atoms with Crippen molar-refractivity contribution in [1.29, 1.82) is 0 Å². The SMILES string of the molecule is CC(=O)Oc1ccc2c(c1)CC[C@@H]1[C@H]2CC[C@@]2(C)[C@H]1CCC21OCCO1. The van der Waals surface area contributed by atoms with E-state index in [9.17, 15) is 4.79 Å². The zero-order valence-electron chi connectivity index (χ0n) is 15.8. The van der Waals surface area contributed by atoms with Crippen LogP contribution in [0.5, 0.6) is 5.75 Å². The molecule has 0 aromatic heterocycles. The second kappa shape index (κ2) is 5.80. The first-order chi connectivity index (χ1) is 12.5. The summed E-state index contributed by atoms with van der Waals surface area (Å²) in [5, 5.41) is 0. The van der Waals surface area contributed by atoms with Gasteiger partial charge in [0.05, 0.1) is 13.2 Å². The molecule has 3 aliphatic carbocycles. The minimum absolute atomic E-state index is 0.153. The Hall–Kier alpha value is -1.39. The lowest BCUT2D eigenvalue weighted by molar-refractivity contribution is -0.237. The first kappa shape index (κ1) is 16.8. The zero-order chi connectivity index (χ0) is 17.9. The second-order valence-corrected chi connectivity index (χ2v) is 8.81. The molecule has 4 atom stereocenters. The number of aryl methyl sites for hydroxylation is 1. The summed E-state index contributed by atoms with van der Waals surface area (Å²) >= 11 is 0. The summed E-state index contributed by atoms with van der Waals surface area (Å²) in [6, 6.07) is 6.26. The van der Waals surface area contributed by atoms with Gasteiger partial charge < -0.3 is 14.2 Å². The maximum Gasteiger partial charge on any atom is 0.308 e. The van der Waals surface area contributed by atoms with Gasteiger partial charge in [0.15, 0.2) is 5.79 Å². The van der Waals surface area contributed by atoms with Gasteiger partial charge in [0.2, 0.25) is 0 Å². The van der Waals surface area contributed by atoms with Crippen molar-refractivity contribution in [2.45, 2.75) is 64.1 Å². The van der Waals surface area contributed by atoms with E-state index >= 15 is 0 Å².